The van der Waals surface area contributed by atoms with E-state index in [1.807, 2.05) is 24.3 Å². The van der Waals surface area contributed by atoms with E-state index in [9.17, 15) is 9.59 Å². The van der Waals surface area contributed by atoms with E-state index in [-0.39, 0.29) is 0 Å². The number of carbonyl (C=O) groups excluding carboxylic acids is 2. The molecule has 8 N–H and O–H groups in total. The van der Waals surface area contributed by atoms with E-state index < -0.39 is 11.8 Å². The Kier molecular flexibility index (Phi) is 15.7. The van der Waals surface area contributed by atoms with Gasteiger partial charge in [-0.15, -0.1) is 0 Å². The fourth-order valence-corrected chi connectivity index (χ4v) is 7.96. The van der Waals surface area contributed by atoms with Gasteiger partial charge in [0.05, 0.1) is 34.9 Å². The van der Waals surface area contributed by atoms with Crippen LogP contribution in [-0.2, 0) is 0 Å². The summed E-state index contributed by atoms with van der Waals surface area (Å²) in [6.45, 7) is 17.2. The molecule has 2 amide bonds. The summed E-state index contributed by atoms with van der Waals surface area (Å²) in [6, 6.07) is 31.4. The van der Waals surface area contributed by atoms with Crippen molar-refractivity contribution in [2.75, 3.05) is 83.4 Å². The number of rotatable bonds is 14. The average Bonchev–Trinajstić information content (AvgIpc) is 3.32. The summed E-state index contributed by atoms with van der Waals surface area (Å²) in [5.74, 6) is 0.461. The molecule has 16 nitrogen and oxygen atoms in total. The van der Waals surface area contributed by atoms with Crippen molar-refractivity contribution in [2.24, 2.45) is 11.5 Å². The molecule has 2 saturated heterocycles. The maximum absolute atomic E-state index is 11.7. The smallest absolute Gasteiger partial charge is 0.250 e. The fourth-order valence-electron chi connectivity index (χ4n) is 7.69. The second-order valence-electron chi connectivity index (χ2n) is 16.4. The normalized spacial score (nSPS) is 14.4. The van der Waals surface area contributed by atoms with Crippen LogP contribution in [0.3, 0.4) is 0 Å². The van der Waals surface area contributed by atoms with E-state index in [4.69, 9.17) is 34.7 Å². The monoisotopic (exact) mass is 930 g/mol. The first-order chi connectivity index (χ1) is 31.8. The number of hydrogen-bond acceptors (Lipinski definition) is 14. The van der Waals surface area contributed by atoms with Gasteiger partial charge in [0.2, 0.25) is 11.9 Å². The summed E-state index contributed by atoms with van der Waals surface area (Å²) < 4.78 is 0. The molecule has 0 atom stereocenters. The van der Waals surface area contributed by atoms with Crippen LogP contribution in [0, 0.1) is 0 Å². The van der Waals surface area contributed by atoms with Gasteiger partial charge in [-0.1, -0.05) is 53.5 Å². The summed E-state index contributed by atoms with van der Waals surface area (Å²) in [7, 11) is 0. The number of piperazine rings is 2. The molecule has 2 aliphatic rings. The van der Waals surface area contributed by atoms with Crippen LogP contribution < -0.4 is 42.5 Å². The lowest BCUT2D eigenvalue weighted by molar-refractivity contribution is 0.0992. The van der Waals surface area contributed by atoms with Crippen LogP contribution in [0.15, 0.2) is 109 Å². The Labute approximate surface area is 395 Å². The first-order valence-electron chi connectivity index (χ1n) is 21.9. The number of hydrogen-bond donors (Lipinski definition) is 6. The largest absolute Gasteiger partial charge is 0.369 e. The molecule has 66 heavy (non-hydrogen) atoms. The highest BCUT2D eigenvalue weighted by Gasteiger charge is 2.21. The van der Waals surface area contributed by atoms with Crippen molar-refractivity contribution in [2.45, 2.75) is 39.8 Å². The van der Waals surface area contributed by atoms with Crippen LogP contribution in [0.4, 0.5) is 57.7 Å². The van der Waals surface area contributed by atoms with E-state index in [0.717, 1.165) is 69.4 Å². The highest BCUT2D eigenvalue weighted by atomic mass is 35.5. The topological polar surface area (TPSA) is 199 Å². The lowest BCUT2D eigenvalue weighted by atomic mass is 10.1. The predicted octanol–water partition coefficient (Wildman–Crippen LogP) is 8.49. The number of carbonyl (C=O) groups is 2. The number of benzene rings is 4. The molecule has 2 fully saturated rings. The molecule has 4 aromatic carbocycles. The number of amides is 2. The fraction of sp³-hybridized carbons (Fsp3) is 0.292. The second-order valence-corrected chi connectivity index (χ2v) is 17.2. The zero-order valence-corrected chi connectivity index (χ0v) is 39.0. The van der Waals surface area contributed by atoms with Crippen LogP contribution in [0.5, 0.6) is 0 Å². The molecule has 4 heterocycles. The molecule has 0 unspecified atom stereocenters. The zero-order chi connectivity index (χ0) is 46.7. The van der Waals surface area contributed by atoms with Crippen molar-refractivity contribution < 1.29 is 9.59 Å². The van der Waals surface area contributed by atoms with E-state index >= 15 is 0 Å². The van der Waals surface area contributed by atoms with E-state index in [1.54, 1.807) is 48.5 Å². The number of nitrogens with one attached hydrogen (secondary N) is 4. The molecule has 18 heteroatoms. The van der Waals surface area contributed by atoms with Gasteiger partial charge in [-0.3, -0.25) is 19.4 Å². The lowest BCUT2D eigenvalue weighted by Gasteiger charge is -2.38. The molecule has 0 spiro atoms. The molecule has 0 bridgehead atoms. The minimum Gasteiger partial charge on any atom is -0.369 e. The minimum absolute atomic E-state index is 0.329. The third kappa shape index (κ3) is 12.3. The van der Waals surface area contributed by atoms with Crippen LogP contribution in [0.1, 0.15) is 48.4 Å². The maximum atomic E-state index is 11.7. The van der Waals surface area contributed by atoms with Crippen LogP contribution in [-0.4, -0.2) is 106 Å². The molecule has 2 aliphatic heterocycles. The first kappa shape index (κ1) is 47.2. The second kappa shape index (κ2) is 22.0. The molecule has 0 radical (unpaired) electrons. The van der Waals surface area contributed by atoms with Crippen molar-refractivity contribution >= 4 is 92.7 Å². The Morgan fingerprint density at radius 2 is 0.970 bits per heavy atom. The molecule has 0 aliphatic carbocycles. The molecule has 0 saturated carbocycles. The molecule has 8 rings (SSSR count). The summed E-state index contributed by atoms with van der Waals surface area (Å²) in [5, 5.41) is 13.3. The van der Waals surface area contributed by atoms with Crippen molar-refractivity contribution in [1.82, 2.24) is 29.7 Å². The quantitative estimate of drug-likeness (QED) is 0.0608. The van der Waals surface area contributed by atoms with Gasteiger partial charge in [-0.2, -0.15) is 9.97 Å². The number of nitrogens with two attached hydrogens (primary N) is 2. The summed E-state index contributed by atoms with van der Waals surface area (Å²) in [4.78, 5) is 50.7. The van der Waals surface area contributed by atoms with Gasteiger partial charge >= 0.3 is 0 Å². The number of aromatic nitrogens is 4. The van der Waals surface area contributed by atoms with Crippen molar-refractivity contribution in [3.05, 3.63) is 131 Å². The van der Waals surface area contributed by atoms with Gasteiger partial charge in [0.15, 0.2) is 11.6 Å². The number of anilines is 10. The SMILES string of the molecule is CC(C)N1CCN(c2ccc(Nc3ncc(Cl)c(Nc4ccccc4C(N)=O)n3)cc2)CC1.CC(C)N1CCN(c2cccc(Nc3ncc(Cl)c(Nc4ccccc4C(N)=O)n3)c2)CC1. The molecular formula is C48H56Cl2N14O2. The molecule has 344 valence electrons. The molecule has 6 aromatic rings. The summed E-state index contributed by atoms with van der Waals surface area (Å²) in [5.41, 5.74) is 16.8. The van der Waals surface area contributed by atoms with Crippen LogP contribution in [0.25, 0.3) is 0 Å². The van der Waals surface area contributed by atoms with E-state index in [0.29, 0.717) is 68.2 Å². The summed E-state index contributed by atoms with van der Waals surface area (Å²) in [6.07, 6.45) is 3.02. The van der Waals surface area contributed by atoms with Gasteiger partial charge in [0, 0.05) is 87.2 Å². The average molecular weight is 932 g/mol. The predicted molar refractivity (Wildman–Crippen MR) is 268 cm³/mol. The van der Waals surface area contributed by atoms with E-state index in [2.05, 4.69) is 113 Å². The van der Waals surface area contributed by atoms with Gasteiger partial charge in [-0.05, 0) is 94.4 Å². The third-order valence-electron chi connectivity index (χ3n) is 11.4. The van der Waals surface area contributed by atoms with Crippen LogP contribution >= 0.6 is 23.2 Å². The van der Waals surface area contributed by atoms with Gasteiger partial charge in [0.25, 0.3) is 11.8 Å². The number of nitrogens with zero attached hydrogens (tertiary/aromatic N) is 8. The highest BCUT2D eigenvalue weighted by molar-refractivity contribution is 6.33. The van der Waals surface area contributed by atoms with E-state index in [1.165, 1.54) is 18.1 Å². The third-order valence-corrected chi connectivity index (χ3v) is 12.0. The van der Waals surface area contributed by atoms with Gasteiger partial charge in [0.1, 0.15) is 10.0 Å². The van der Waals surface area contributed by atoms with Crippen LogP contribution in [0.2, 0.25) is 10.0 Å². The standard InChI is InChI=1S/2C24H28ClN7O/c1-16(2)31-10-12-32(13-11-31)18-7-5-6-17(14-18)28-24-27-15-20(25)23(30-24)29-21-9-4-3-8-19(21)22(26)33;1-16(2)31-11-13-32(14-12-31)18-9-7-17(8-10-18)28-24-27-15-20(25)23(30-24)29-21-6-4-3-5-19(21)22(26)33/h3-9,14-16H,10-13H2,1-2H3,(H2,26,33)(H2,27,28,29,30);3-10,15-16H,11-14H2,1-2H3,(H2,26,33)(H2,27,28,29,30). The Morgan fingerprint density at radius 3 is 1.42 bits per heavy atom. The lowest BCUT2D eigenvalue weighted by Crippen LogP contribution is -2.48. The number of para-hydroxylation sites is 2. The molecular weight excluding hydrogens is 876 g/mol. The zero-order valence-electron chi connectivity index (χ0n) is 37.5. The Morgan fingerprint density at radius 1 is 0.530 bits per heavy atom. The summed E-state index contributed by atoms with van der Waals surface area (Å²) >= 11 is 12.6. The minimum atomic E-state index is -0.535. The number of halogens is 2. The highest BCUT2D eigenvalue weighted by Crippen LogP contribution is 2.30. The maximum Gasteiger partial charge on any atom is 0.250 e. The van der Waals surface area contributed by atoms with Gasteiger partial charge in [-0.25, -0.2) is 9.97 Å². The Balaban J connectivity index is 0.000000196. The number of primary amides is 2. The van der Waals surface area contributed by atoms with Crippen molar-refractivity contribution in [1.29, 1.82) is 0 Å². The first-order valence-corrected chi connectivity index (χ1v) is 22.7. The van der Waals surface area contributed by atoms with Gasteiger partial charge < -0.3 is 42.5 Å². The Hall–Kier alpha value is -6.72. The Bertz CT molecular complexity index is 2600. The molecule has 2 aromatic heterocycles. The van der Waals surface area contributed by atoms with Crippen molar-refractivity contribution in [3.63, 3.8) is 0 Å². The van der Waals surface area contributed by atoms with Crippen molar-refractivity contribution in [3.8, 4) is 0 Å².